The Morgan fingerprint density at radius 3 is 2.62 bits per heavy atom. The van der Waals surface area contributed by atoms with Crippen molar-refractivity contribution in [2.75, 3.05) is 18.0 Å². The number of nitrogens with zero attached hydrogens (tertiary/aromatic N) is 3. The number of aromatic nitrogens is 2. The molecule has 5 nitrogen and oxygen atoms in total. The van der Waals surface area contributed by atoms with Crippen LogP contribution in [0, 0.1) is 5.82 Å². The zero-order valence-electron chi connectivity index (χ0n) is 11.2. The van der Waals surface area contributed by atoms with E-state index < -0.39 is 21.4 Å². The largest absolute Gasteiger partial charge is 0.347 e. The van der Waals surface area contributed by atoms with Crippen LogP contribution >= 0.6 is 11.3 Å². The molecule has 112 valence electrons. The van der Waals surface area contributed by atoms with E-state index in [-0.39, 0.29) is 9.90 Å². The Morgan fingerprint density at radius 2 is 1.90 bits per heavy atom. The van der Waals surface area contributed by atoms with Crippen LogP contribution in [0.25, 0.3) is 0 Å². The van der Waals surface area contributed by atoms with Gasteiger partial charge >= 0.3 is 0 Å². The van der Waals surface area contributed by atoms with E-state index in [1.54, 1.807) is 6.07 Å². The number of hydrogen-bond donors (Lipinski definition) is 0. The Labute approximate surface area is 126 Å². The first-order valence-corrected chi connectivity index (χ1v) is 9.08. The van der Waals surface area contributed by atoms with Gasteiger partial charge < -0.3 is 4.90 Å². The molecular weight excluding hydrogens is 313 g/mol. The monoisotopic (exact) mass is 327 g/mol. The Kier molecular flexibility index (Phi) is 3.90. The fourth-order valence-electron chi connectivity index (χ4n) is 2.25. The van der Waals surface area contributed by atoms with Gasteiger partial charge in [-0.15, -0.1) is 10.2 Å². The predicted octanol–water partition coefficient (Wildman–Crippen LogP) is 2.25. The molecule has 8 heteroatoms. The van der Waals surface area contributed by atoms with Gasteiger partial charge in [0.2, 0.25) is 19.3 Å². The van der Waals surface area contributed by atoms with Crippen LogP contribution in [0.1, 0.15) is 18.4 Å². The molecule has 0 unspecified atom stereocenters. The summed E-state index contributed by atoms with van der Waals surface area (Å²) < 4.78 is 38.1. The summed E-state index contributed by atoms with van der Waals surface area (Å²) in [5.41, 5.74) is 0.149. The van der Waals surface area contributed by atoms with Crippen molar-refractivity contribution in [3.05, 3.63) is 35.6 Å². The van der Waals surface area contributed by atoms with Gasteiger partial charge in [0.15, 0.2) is 0 Å². The summed E-state index contributed by atoms with van der Waals surface area (Å²) in [7, 11) is -3.67. The molecule has 1 aromatic carbocycles. The normalized spacial score (nSPS) is 15.6. The lowest BCUT2D eigenvalue weighted by molar-refractivity contribution is 0.585. The average Bonchev–Trinajstić information content (AvgIpc) is 3.11. The summed E-state index contributed by atoms with van der Waals surface area (Å²) in [6.45, 7) is 1.75. The minimum absolute atomic E-state index is 0.0485. The van der Waals surface area contributed by atoms with Gasteiger partial charge in [-0.05, 0) is 18.9 Å². The van der Waals surface area contributed by atoms with Gasteiger partial charge in [-0.1, -0.05) is 29.5 Å². The second-order valence-corrected chi connectivity index (χ2v) is 8.01. The van der Waals surface area contributed by atoms with E-state index >= 15 is 0 Å². The molecule has 0 spiro atoms. The van der Waals surface area contributed by atoms with Gasteiger partial charge in [0.25, 0.3) is 0 Å². The number of anilines is 1. The first-order chi connectivity index (χ1) is 10.1. The number of benzene rings is 1. The maximum absolute atomic E-state index is 13.6. The van der Waals surface area contributed by atoms with E-state index in [4.69, 9.17) is 0 Å². The third-order valence-electron chi connectivity index (χ3n) is 3.34. The number of rotatable bonds is 4. The van der Waals surface area contributed by atoms with Crippen LogP contribution in [0.3, 0.4) is 0 Å². The molecule has 0 aliphatic carbocycles. The maximum atomic E-state index is 13.6. The highest BCUT2D eigenvalue weighted by atomic mass is 32.2. The summed E-state index contributed by atoms with van der Waals surface area (Å²) >= 11 is 1.06. The van der Waals surface area contributed by atoms with Crippen molar-refractivity contribution >= 4 is 26.3 Å². The standard InChI is InChI=1S/C13H14FN3O2S2/c14-11-6-2-1-5-10(11)9-21(18,19)13-16-15-12(20-13)17-7-3-4-8-17/h1-2,5-6H,3-4,7-9H2. The molecule has 0 amide bonds. The Bertz CT molecular complexity index is 739. The summed E-state index contributed by atoms with van der Waals surface area (Å²) in [5.74, 6) is -0.917. The molecule has 0 bridgehead atoms. The van der Waals surface area contributed by atoms with Crippen molar-refractivity contribution in [3.8, 4) is 0 Å². The van der Waals surface area contributed by atoms with Gasteiger partial charge in [0.1, 0.15) is 5.82 Å². The Hall–Kier alpha value is -1.54. The Balaban J connectivity index is 1.83. The van der Waals surface area contributed by atoms with Crippen LogP contribution in [0.4, 0.5) is 9.52 Å². The molecule has 0 radical (unpaired) electrons. The molecule has 1 saturated heterocycles. The zero-order chi connectivity index (χ0) is 14.9. The highest BCUT2D eigenvalue weighted by molar-refractivity contribution is 7.92. The van der Waals surface area contributed by atoms with Gasteiger partial charge in [0, 0.05) is 18.7 Å². The van der Waals surface area contributed by atoms with Crippen molar-refractivity contribution in [2.45, 2.75) is 22.9 Å². The van der Waals surface area contributed by atoms with Crippen LogP contribution in [-0.4, -0.2) is 31.7 Å². The molecule has 21 heavy (non-hydrogen) atoms. The molecule has 0 atom stereocenters. The molecule has 1 aliphatic heterocycles. The van der Waals surface area contributed by atoms with Gasteiger partial charge in [-0.2, -0.15) is 0 Å². The fraction of sp³-hybridized carbons (Fsp3) is 0.385. The second kappa shape index (κ2) is 5.69. The summed E-state index contributed by atoms with van der Waals surface area (Å²) in [6.07, 6.45) is 2.16. The molecule has 0 N–H and O–H groups in total. The van der Waals surface area contributed by atoms with E-state index in [9.17, 15) is 12.8 Å². The molecule has 0 saturated carbocycles. The highest BCUT2D eigenvalue weighted by Gasteiger charge is 2.25. The average molecular weight is 327 g/mol. The second-order valence-electron chi connectivity index (χ2n) is 4.90. The van der Waals surface area contributed by atoms with Gasteiger partial charge in [-0.25, -0.2) is 12.8 Å². The van der Waals surface area contributed by atoms with Crippen LogP contribution in [-0.2, 0) is 15.6 Å². The van der Waals surface area contributed by atoms with E-state index in [1.807, 2.05) is 4.90 Å². The number of hydrogen-bond acceptors (Lipinski definition) is 6. The molecule has 1 aliphatic rings. The van der Waals surface area contributed by atoms with Crippen LogP contribution in [0.5, 0.6) is 0 Å². The molecule has 1 fully saturated rings. The lowest BCUT2D eigenvalue weighted by Gasteiger charge is -2.10. The molecule has 3 rings (SSSR count). The molecule has 2 aromatic rings. The Morgan fingerprint density at radius 1 is 1.19 bits per heavy atom. The van der Waals surface area contributed by atoms with E-state index in [0.717, 1.165) is 37.3 Å². The highest BCUT2D eigenvalue weighted by Crippen LogP contribution is 2.28. The topological polar surface area (TPSA) is 63.2 Å². The summed E-state index contributed by atoms with van der Waals surface area (Å²) in [6, 6.07) is 5.86. The zero-order valence-corrected chi connectivity index (χ0v) is 12.8. The minimum atomic E-state index is -3.67. The van der Waals surface area contributed by atoms with E-state index in [0.29, 0.717) is 5.13 Å². The first-order valence-electron chi connectivity index (χ1n) is 6.61. The lowest BCUT2D eigenvalue weighted by atomic mass is 10.2. The summed E-state index contributed by atoms with van der Waals surface area (Å²) in [5, 5.41) is 8.35. The predicted molar refractivity (Wildman–Crippen MR) is 78.6 cm³/mol. The SMILES string of the molecule is O=S(=O)(Cc1ccccc1F)c1nnc(N2CCCC2)s1. The third kappa shape index (κ3) is 3.06. The van der Waals surface area contributed by atoms with Crippen LogP contribution in [0.15, 0.2) is 28.6 Å². The third-order valence-corrected chi connectivity index (χ3v) is 6.44. The van der Waals surface area contributed by atoms with Crippen LogP contribution in [0.2, 0.25) is 0 Å². The number of sulfone groups is 1. The summed E-state index contributed by atoms with van der Waals surface area (Å²) in [4.78, 5) is 2.03. The van der Waals surface area contributed by atoms with Gasteiger partial charge in [0.05, 0.1) is 5.75 Å². The molecular formula is C13H14FN3O2S2. The van der Waals surface area contributed by atoms with Crippen molar-refractivity contribution in [1.29, 1.82) is 0 Å². The quantitative estimate of drug-likeness (QED) is 0.862. The van der Waals surface area contributed by atoms with Crippen molar-refractivity contribution < 1.29 is 12.8 Å². The molecule has 1 aromatic heterocycles. The first kappa shape index (κ1) is 14.4. The fourth-order valence-corrected chi connectivity index (χ4v) is 4.72. The molecule has 2 heterocycles. The van der Waals surface area contributed by atoms with Crippen LogP contribution < -0.4 is 4.90 Å². The van der Waals surface area contributed by atoms with Crippen molar-refractivity contribution in [1.82, 2.24) is 10.2 Å². The lowest BCUT2D eigenvalue weighted by Crippen LogP contribution is -2.17. The van der Waals surface area contributed by atoms with E-state index in [1.165, 1.54) is 18.2 Å². The van der Waals surface area contributed by atoms with E-state index in [2.05, 4.69) is 10.2 Å². The van der Waals surface area contributed by atoms with Crippen molar-refractivity contribution in [3.63, 3.8) is 0 Å². The number of halogens is 1. The smallest absolute Gasteiger partial charge is 0.234 e. The van der Waals surface area contributed by atoms with Crippen molar-refractivity contribution in [2.24, 2.45) is 0 Å². The maximum Gasteiger partial charge on any atom is 0.234 e. The minimum Gasteiger partial charge on any atom is -0.347 e. The van der Waals surface area contributed by atoms with Gasteiger partial charge in [-0.3, -0.25) is 0 Å².